The van der Waals surface area contributed by atoms with E-state index in [1.165, 1.54) is 11.0 Å². The molecule has 1 aliphatic rings. The Labute approximate surface area is 111 Å². The predicted molar refractivity (Wildman–Crippen MR) is 67.5 cm³/mol. The molecule has 0 saturated carbocycles. The highest BCUT2D eigenvalue weighted by molar-refractivity contribution is 5.97. The SMILES string of the molecule is N#Cc1cccc(C(=O)N2CCCC[C@@H]2C(=O)O)c1. The number of piperidine rings is 1. The van der Waals surface area contributed by atoms with Gasteiger partial charge < -0.3 is 10.0 Å². The molecule has 1 aliphatic heterocycles. The Balaban J connectivity index is 2.26. The second-order valence-corrected chi connectivity index (χ2v) is 4.54. The lowest BCUT2D eigenvalue weighted by atomic mass is 10.0. The van der Waals surface area contributed by atoms with Crippen LogP contribution in [-0.4, -0.2) is 34.5 Å². The minimum atomic E-state index is -0.968. The number of likely N-dealkylation sites (tertiary alicyclic amines) is 1. The van der Waals surface area contributed by atoms with Gasteiger partial charge in [0.1, 0.15) is 6.04 Å². The van der Waals surface area contributed by atoms with E-state index in [0.29, 0.717) is 24.1 Å². The number of nitriles is 1. The number of carboxylic acid groups (broad SMARTS) is 1. The Kier molecular flexibility index (Phi) is 3.81. The van der Waals surface area contributed by atoms with Gasteiger partial charge in [-0.05, 0) is 37.5 Å². The Morgan fingerprint density at radius 3 is 2.84 bits per heavy atom. The van der Waals surface area contributed by atoms with E-state index < -0.39 is 12.0 Å². The van der Waals surface area contributed by atoms with Gasteiger partial charge in [-0.1, -0.05) is 6.07 Å². The largest absolute Gasteiger partial charge is 0.480 e. The lowest BCUT2D eigenvalue weighted by molar-refractivity contribution is -0.143. The van der Waals surface area contributed by atoms with Crippen LogP contribution in [0.4, 0.5) is 0 Å². The van der Waals surface area contributed by atoms with Gasteiger partial charge in [-0.15, -0.1) is 0 Å². The standard InChI is InChI=1S/C14H14N2O3/c15-9-10-4-3-5-11(8-10)13(17)16-7-2-1-6-12(16)14(18)19/h3-5,8,12H,1-2,6-7H2,(H,18,19)/t12-/m1/s1. The molecular formula is C14H14N2O3. The molecule has 0 aromatic heterocycles. The van der Waals surface area contributed by atoms with E-state index in [-0.39, 0.29) is 5.91 Å². The fourth-order valence-corrected chi connectivity index (χ4v) is 2.32. The summed E-state index contributed by atoms with van der Waals surface area (Å²) in [6.45, 7) is 0.451. The zero-order valence-corrected chi connectivity index (χ0v) is 10.4. The second kappa shape index (κ2) is 5.53. The monoisotopic (exact) mass is 258 g/mol. The van der Waals surface area contributed by atoms with Crippen molar-refractivity contribution < 1.29 is 14.7 Å². The number of carbonyl (C=O) groups is 2. The lowest BCUT2D eigenvalue weighted by Crippen LogP contribution is -2.47. The average molecular weight is 258 g/mol. The van der Waals surface area contributed by atoms with Crippen molar-refractivity contribution >= 4 is 11.9 Å². The number of nitrogens with zero attached hydrogens (tertiary/aromatic N) is 2. The Bertz CT molecular complexity index is 548. The first-order valence-corrected chi connectivity index (χ1v) is 6.17. The van der Waals surface area contributed by atoms with Crippen LogP contribution >= 0.6 is 0 Å². The zero-order chi connectivity index (χ0) is 13.8. The number of carbonyl (C=O) groups excluding carboxylic acids is 1. The van der Waals surface area contributed by atoms with Crippen molar-refractivity contribution in [2.45, 2.75) is 25.3 Å². The summed E-state index contributed by atoms with van der Waals surface area (Å²) < 4.78 is 0. The molecule has 2 rings (SSSR count). The molecule has 1 heterocycles. The minimum Gasteiger partial charge on any atom is -0.480 e. The van der Waals surface area contributed by atoms with Gasteiger partial charge in [0.25, 0.3) is 5.91 Å². The normalized spacial score (nSPS) is 18.7. The molecule has 98 valence electrons. The first kappa shape index (κ1) is 13.1. The molecule has 1 aromatic rings. The molecule has 1 saturated heterocycles. The van der Waals surface area contributed by atoms with Crippen LogP contribution in [-0.2, 0) is 4.79 Å². The van der Waals surface area contributed by atoms with Gasteiger partial charge >= 0.3 is 5.97 Å². The van der Waals surface area contributed by atoms with Crippen molar-refractivity contribution in [1.82, 2.24) is 4.90 Å². The van der Waals surface area contributed by atoms with Crippen LogP contribution in [0.3, 0.4) is 0 Å². The molecule has 0 unspecified atom stereocenters. The highest BCUT2D eigenvalue weighted by atomic mass is 16.4. The van der Waals surface area contributed by atoms with Gasteiger partial charge in [-0.3, -0.25) is 4.79 Å². The van der Waals surface area contributed by atoms with Crippen LogP contribution < -0.4 is 0 Å². The number of carboxylic acids is 1. The molecule has 0 radical (unpaired) electrons. The van der Waals surface area contributed by atoms with Crippen molar-refractivity contribution in [2.24, 2.45) is 0 Å². The lowest BCUT2D eigenvalue weighted by Gasteiger charge is -2.33. The van der Waals surface area contributed by atoms with E-state index in [0.717, 1.165) is 12.8 Å². The molecule has 0 aliphatic carbocycles. The Hall–Kier alpha value is -2.35. The second-order valence-electron chi connectivity index (χ2n) is 4.54. The molecule has 0 spiro atoms. The van der Waals surface area contributed by atoms with Gasteiger partial charge in [0, 0.05) is 12.1 Å². The molecular weight excluding hydrogens is 244 g/mol. The number of amides is 1. The molecule has 1 atom stereocenters. The van der Waals surface area contributed by atoms with Crippen LogP contribution in [0, 0.1) is 11.3 Å². The minimum absolute atomic E-state index is 0.316. The van der Waals surface area contributed by atoms with Crippen LogP contribution in [0.25, 0.3) is 0 Å². The number of aliphatic carboxylic acids is 1. The van der Waals surface area contributed by atoms with Gasteiger partial charge in [-0.25, -0.2) is 4.79 Å². The van der Waals surface area contributed by atoms with Gasteiger partial charge in [0.15, 0.2) is 0 Å². The summed E-state index contributed by atoms with van der Waals surface area (Å²) in [6.07, 6.45) is 2.12. The third-order valence-electron chi connectivity index (χ3n) is 3.29. The van der Waals surface area contributed by atoms with Crippen LogP contribution in [0.2, 0.25) is 0 Å². The fourth-order valence-electron chi connectivity index (χ4n) is 2.32. The van der Waals surface area contributed by atoms with E-state index in [1.54, 1.807) is 18.2 Å². The van der Waals surface area contributed by atoms with Gasteiger partial charge in [-0.2, -0.15) is 5.26 Å². The smallest absolute Gasteiger partial charge is 0.326 e. The van der Waals surface area contributed by atoms with Crippen LogP contribution in [0.1, 0.15) is 35.2 Å². The molecule has 0 bridgehead atoms. The molecule has 5 heteroatoms. The summed E-state index contributed by atoms with van der Waals surface area (Å²) in [5.74, 6) is -1.28. The Morgan fingerprint density at radius 1 is 1.37 bits per heavy atom. The van der Waals surface area contributed by atoms with Crippen molar-refractivity contribution in [2.75, 3.05) is 6.54 Å². The van der Waals surface area contributed by atoms with Crippen LogP contribution in [0.5, 0.6) is 0 Å². The zero-order valence-electron chi connectivity index (χ0n) is 10.4. The van der Waals surface area contributed by atoms with Crippen LogP contribution in [0.15, 0.2) is 24.3 Å². The maximum absolute atomic E-state index is 12.3. The first-order chi connectivity index (χ1) is 9.13. The fraction of sp³-hybridized carbons (Fsp3) is 0.357. The highest BCUT2D eigenvalue weighted by Gasteiger charge is 2.32. The summed E-state index contributed by atoms with van der Waals surface area (Å²) in [5, 5.41) is 18.0. The summed E-state index contributed by atoms with van der Waals surface area (Å²) in [6, 6.07) is 7.56. The average Bonchev–Trinajstić information content (AvgIpc) is 2.46. The van der Waals surface area contributed by atoms with E-state index in [1.807, 2.05) is 6.07 Å². The van der Waals surface area contributed by atoms with Crippen molar-refractivity contribution in [3.63, 3.8) is 0 Å². The number of benzene rings is 1. The van der Waals surface area contributed by atoms with Gasteiger partial charge in [0.2, 0.25) is 0 Å². The molecule has 5 nitrogen and oxygen atoms in total. The Morgan fingerprint density at radius 2 is 2.16 bits per heavy atom. The highest BCUT2D eigenvalue weighted by Crippen LogP contribution is 2.20. The number of hydrogen-bond donors (Lipinski definition) is 1. The quantitative estimate of drug-likeness (QED) is 0.874. The maximum atomic E-state index is 12.3. The van der Waals surface area contributed by atoms with E-state index in [4.69, 9.17) is 10.4 Å². The van der Waals surface area contributed by atoms with Crippen molar-refractivity contribution in [1.29, 1.82) is 5.26 Å². The third-order valence-corrected chi connectivity index (χ3v) is 3.29. The van der Waals surface area contributed by atoms with E-state index >= 15 is 0 Å². The van der Waals surface area contributed by atoms with Crippen molar-refractivity contribution in [3.05, 3.63) is 35.4 Å². The maximum Gasteiger partial charge on any atom is 0.326 e. The molecule has 1 amide bonds. The predicted octanol–water partition coefficient (Wildman–Crippen LogP) is 1.64. The molecule has 1 N–H and O–H groups in total. The third kappa shape index (κ3) is 2.74. The summed E-state index contributed by atoms with van der Waals surface area (Å²) in [4.78, 5) is 24.9. The topological polar surface area (TPSA) is 81.4 Å². The van der Waals surface area contributed by atoms with E-state index in [9.17, 15) is 9.59 Å². The first-order valence-electron chi connectivity index (χ1n) is 6.17. The van der Waals surface area contributed by atoms with Crippen molar-refractivity contribution in [3.8, 4) is 6.07 Å². The van der Waals surface area contributed by atoms with Gasteiger partial charge in [0.05, 0.1) is 11.6 Å². The molecule has 19 heavy (non-hydrogen) atoms. The molecule has 1 aromatic carbocycles. The number of rotatable bonds is 2. The summed E-state index contributed by atoms with van der Waals surface area (Å²) >= 11 is 0. The number of hydrogen-bond acceptors (Lipinski definition) is 3. The summed E-state index contributed by atoms with van der Waals surface area (Å²) in [5.41, 5.74) is 0.766. The summed E-state index contributed by atoms with van der Waals surface area (Å²) in [7, 11) is 0. The molecule has 1 fully saturated rings. The van der Waals surface area contributed by atoms with E-state index in [2.05, 4.69) is 0 Å².